The van der Waals surface area contributed by atoms with E-state index >= 15 is 0 Å². The summed E-state index contributed by atoms with van der Waals surface area (Å²) in [5.74, 6) is -0.989. The molecule has 1 N–H and O–H groups in total. The van der Waals surface area contributed by atoms with Crippen molar-refractivity contribution in [1.82, 2.24) is 4.90 Å². The number of non-ortho nitro benzene ring substituents is 1. The molecule has 0 spiro atoms. The number of carbonyl (C=O) groups is 3. The average molecular weight is 715 g/mol. The van der Waals surface area contributed by atoms with E-state index in [-0.39, 0.29) is 54.1 Å². The highest BCUT2D eigenvalue weighted by atomic mass is 127. The van der Waals surface area contributed by atoms with Gasteiger partial charge < -0.3 is 19.5 Å². The first-order valence-corrected chi connectivity index (χ1v) is 15.4. The summed E-state index contributed by atoms with van der Waals surface area (Å²) >= 11 is 2.14. The molecule has 0 saturated carbocycles. The predicted molar refractivity (Wildman–Crippen MR) is 170 cm³/mol. The molecule has 232 valence electrons. The van der Waals surface area contributed by atoms with Crippen molar-refractivity contribution in [3.05, 3.63) is 83.7 Å². The fourth-order valence-corrected chi connectivity index (χ4v) is 7.40. The molecule has 44 heavy (non-hydrogen) atoms. The lowest BCUT2D eigenvalue weighted by atomic mass is 9.63. The van der Waals surface area contributed by atoms with Gasteiger partial charge in [-0.25, -0.2) is 0 Å². The number of nitro benzene ring substituents is 1. The van der Waals surface area contributed by atoms with Crippen molar-refractivity contribution < 1.29 is 33.9 Å². The highest BCUT2D eigenvalue weighted by Gasteiger charge is 2.49. The number of carboxylic acids is 1. The van der Waals surface area contributed by atoms with Gasteiger partial charge >= 0.3 is 5.97 Å². The third kappa shape index (κ3) is 6.11. The number of hydrogen-bond acceptors (Lipinski definition) is 8. The zero-order chi connectivity index (χ0) is 32.1. The van der Waals surface area contributed by atoms with Gasteiger partial charge in [0, 0.05) is 53.4 Å². The van der Waals surface area contributed by atoms with E-state index in [0.717, 1.165) is 5.56 Å². The zero-order valence-corrected chi connectivity index (χ0v) is 27.5. The van der Waals surface area contributed by atoms with Gasteiger partial charge in [0.15, 0.2) is 23.1 Å². The van der Waals surface area contributed by atoms with Crippen LogP contribution in [0.3, 0.4) is 0 Å². The number of Topliss-reactive ketones (excluding diaryl/α,β-unsaturated/α-hetero) is 2. The molecule has 0 saturated heterocycles. The van der Waals surface area contributed by atoms with Crippen LogP contribution in [0.1, 0.15) is 70.4 Å². The first-order valence-electron chi connectivity index (χ1n) is 14.4. The molecular weight excluding hydrogens is 679 g/mol. The minimum Gasteiger partial charge on any atom is -0.493 e. The van der Waals surface area contributed by atoms with E-state index in [1.807, 2.05) is 33.8 Å². The monoisotopic (exact) mass is 714 g/mol. The first-order chi connectivity index (χ1) is 20.6. The summed E-state index contributed by atoms with van der Waals surface area (Å²) in [5.41, 5.74) is 3.00. The number of nitro groups is 1. The molecule has 0 atom stereocenters. The maximum atomic E-state index is 13.9. The van der Waals surface area contributed by atoms with Gasteiger partial charge in [-0.1, -0.05) is 27.7 Å². The van der Waals surface area contributed by atoms with Crippen molar-refractivity contribution >= 4 is 45.8 Å². The smallest absolute Gasteiger partial charge is 0.323 e. The number of methoxy groups -OCH3 is 1. The molecule has 0 unspecified atom stereocenters. The average Bonchev–Trinajstić information content (AvgIpc) is 2.91. The molecule has 0 bridgehead atoms. The Hall–Kier alpha value is -3.74. The second kappa shape index (κ2) is 11.6. The van der Waals surface area contributed by atoms with Crippen molar-refractivity contribution in [2.75, 3.05) is 13.7 Å². The van der Waals surface area contributed by atoms with E-state index in [1.54, 1.807) is 23.1 Å². The van der Waals surface area contributed by atoms with Gasteiger partial charge in [-0.3, -0.25) is 24.5 Å². The third-order valence-electron chi connectivity index (χ3n) is 8.43. The Kier molecular flexibility index (Phi) is 8.38. The summed E-state index contributed by atoms with van der Waals surface area (Å²) in [6, 6.07) is 9.78. The molecule has 0 radical (unpaired) electrons. The molecule has 2 aromatic carbocycles. The minimum absolute atomic E-state index is 0.0108. The van der Waals surface area contributed by atoms with Crippen molar-refractivity contribution in [3.8, 4) is 11.5 Å². The molecule has 0 fully saturated rings. The highest BCUT2D eigenvalue weighted by Crippen LogP contribution is 2.55. The highest BCUT2D eigenvalue weighted by molar-refractivity contribution is 14.1. The quantitative estimate of drug-likeness (QED) is 0.183. The van der Waals surface area contributed by atoms with Crippen molar-refractivity contribution in [1.29, 1.82) is 0 Å². The van der Waals surface area contributed by atoms with Gasteiger partial charge in [0.05, 0.1) is 15.6 Å². The van der Waals surface area contributed by atoms with Crippen LogP contribution in [-0.4, -0.2) is 46.1 Å². The van der Waals surface area contributed by atoms with E-state index in [4.69, 9.17) is 9.47 Å². The Morgan fingerprint density at radius 1 is 1.00 bits per heavy atom. The summed E-state index contributed by atoms with van der Waals surface area (Å²) in [6.45, 7) is 7.84. The lowest BCUT2D eigenvalue weighted by Gasteiger charge is -2.48. The molecule has 11 heteroatoms. The predicted octanol–water partition coefficient (Wildman–Crippen LogP) is 6.56. The Bertz CT molecular complexity index is 1580. The van der Waals surface area contributed by atoms with Crippen LogP contribution in [0.4, 0.5) is 5.69 Å². The van der Waals surface area contributed by atoms with Gasteiger partial charge in [0.25, 0.3) is 5.69 Å². The molecule has 1 heterocycles. The number of allylic oxidation sites excluding steroid dienone is 4. The minimum atomic E-state index is -1.03. The fraction of sp³-hybridized carbons (Fsp3) is 0.424. The number of carbonyl (C=O) groups excluding carboxylic acids is 2. The molecule has 0 aromatic heterocycles. The van der Waals surface area contributed by atoms with Crippen LogP contribution in [-0.2, 0) is 21.0 Å². The number of ketones is 2. The summed E-state index contributed by atoms with van der Waals surface area (Å²) in [7, 11) is 1.52. The lowest BCUT2D eigenvalue weighted by molar-refractivity contribution is -0.384. The number of benzene rings is 2. The summed E-state index contributed by atoms with van der Waals surface area (Å²) < 4.78 is 12.6. The van der Waals surface area contributed by atoms with Crippen LogP contribution >= 0.6 is 22.6 Å². The van der Waals surface area contributed by atoms with E-state index in [9.17, 15) is 29.6 Å². The Morgan fingerprint density at radius 3 is 2.02 bits per heavy atom. The second-order valence-corrected chi connectivity index (χ2v) is 14.4. The largest absolute Gasteiger partial charge is 0.493 e. The van der Waals surface area contributed by atoms with E-state index in [2.05, 4.69) is 22.6 Å². The van der Waals surface area contributed by atoms with Gasteiger partial charge in [-0.15, -0.1) is 0 Å². The molecule has 10 nitrogen and oxygen atoms in total. The number of aliphatic carboxylic acids is 1. The molecule has 5 rings (SSSR count). The number of hydrogen-bond donors (Lipinski definition) is 1. The number of rotatable bonds is 8. The molecule has 0 amide bonds. The summed E-state index contributed by atoms with van der Waals surface area (Å²) in [5, 5.41) is 20.9. The van der Waals surface area contributed by atoms with Crippen LogP contribution in [0, 0.1) is 24.5 Å². The van der Waals surface area contributed by atoms with Crippen molar-refractivity contribution in [2.45, 2.75) is 65.9 Å². The molecule has 3 aliphatic rings. The van der Waals surface area contributed by atoms with E-state index in [0.29, 0.717) is 56.0 Å². The van der Waals surface area contributed by atoms with Crippen LogP contribution < -0.4 is 9.47 Å². The number of nitrogens with zero attached hydrogens (tertiary/aromatic N) is 2. The molecule has 1 aliphatic heterocycles. The fourth-order valence-electron chi connectivity index (χ4n) is 6.62. The van der Waals surface area contributed by atoms with Gasteiger partial charge in [0.1, 0.15) is 13.2 Å². The first kappa shape index (κ1) is 31.7. The van der Waals surface area contributed by atoms with E-state index < -0.39 is 16.8 Å². The number of halogens is 1. The number of carboxylic acid groups (broad SMARTS) is 1. The Balaban J connectivity index is 1.62. The summed E-state index contributed by atoms with van der Waals surface area (Å²) in [6.07, 6.45) is 1.59. The van der Waals surface area contributed by atoms with Gasteiger partial charge in [-0.2, -0.15) is 0 Å². The van der Waals surface area contributed by atoms with Crippen LogP contribution in [0.15, 0.2) is 58.9 Å². The SMILES string of the molecule is COc1cc(C2C3=C(CC(C)(C)CC3=O)N(CC(=O)O)C3=C2C(=O)CC(C)(C)C3)cc(I)c1OCc1ccc([N+](=O)[O-])cc1. The Morgan fingerprint density at radius 2 is 1.55 bits per heavy atom. The molecule has 2 aliphatic carbocycles. The van der Waals surface area contributed by atoms with E-state index in [1.165, 1.54) is 19.2 Å². The van der Waals surface area contributed by atoms with Gasteiger partial charge in [0.2, 0.25) is 0 Å². The van der Waals surface area contributed by atoms with Gasteiger partial charge in [-0.05, 0) is 81.7 Å². The standard InChI is InChI=1S/C33H35IN2O8/c1-32(2)12-22-29(24(37)14-32)28(30-23(35(22)16-27(39)40)13-33(3,4)15-25(30)38)19-10-21(34)31(26(11-19)43-5)44-17-18-6-8-20(9-7-18)36(41)42/h6-11,28H,12-17H2,1-5H3,(H,39,40). The Labute approximate surface area is 269 Å². The van der Waals surface area contributed by atoms with Crippen LogP contribution in [0.5, 0.6) is 11.5 Å². The second-order valence-electron chi connectivity index (χ2n) is 13.3. The topological polar surface area (TPSA) is 136 Å². The third-order valence-corrected chi connectivity index (χ3v) is 9.23. The summed E-state index contributed by atoms with van der Waals surface area (Å²) in [4.78, 5) is 52.3. The zero-order valence-electron chi connectivity index (χ0n) is 25.4. The maximum Gasteiger partial charge on any atom is 0.323 e. The molecular formula is C33H35IN2O8. The number of ether oxygens (including phenoxy) is 2. The maximum absolute atomic E-state index is 13.9. The van der Waals surface area contributed by atoms with Crippen LogP contribution in [0.25, 0.3) is 0 Å². The van der Waals surface area contributed by atoms with Crippen LogP contribution in [0.2, 0.25) is 0 Å². The van der Waals surface area contributed by atoms with Crippen molar-refractivity contribution in [3.63, 3.8) is 0 Å². The van der Waals surface area contributed by atoms with Crippen molar-refractivity contribution in [2.24, 2.45) is 10.8 Å². The lowest BCUT2D eigenvalue weighted by Crippen LogP contribution is -2.45. The normalized spacial score (nSPS) is 19.5. The molecule has 2 aromatic rings.